The summed E-state index contributed by atoms with van der Waals surface area (Å²) in [7, 11) is 0. The molecule has 0 spiro atoms. The Labute approximate surface area is 95.2 Å². The molecule has 0 aliphatic carbocycles. The highest BCUT2D eigenvalue weighted by molar-refractivity contribution is 6.36. The summed E-state index contributed by atoms with van der Waals surface area (Å²) in [5.41, 5.74) is 6.71. The average molecular weight is 232 g/mol. The minimum Gasteiger partial charge on any atom is -0.321 e. The van der Waals surface area contributed by atoms with Gasteiger partial charge >= 0.3 is 0 Å². The third kappa shape index (κ3) is 2.05. The van der Waals surface area contributed by atoms with Crippen LogP contribution in [0.1, 0.15) is 32.3 Å². The molecule has 3 heteroatoms. The van der Waals surface area contributed by atoms with E-state index >= 15 is 0 Å². The summed E-state index contributed by atoms with van der Waals surface area (Å²) in [4.78, 5) is 0. The van der Waals surface area contributed by atoms with E-state index in [1.54, 1.807) is 0 Å². The fourth-order valence-electron chi connectivity index (χ4n) is 1.58. The second-order valence-corrected chi connectivity index (χ2v) is 4.27. The summed E-state index contributed by atoms with van der Waals surface area (Å²) in [6, 6.07) is 5.49. The van der Waals surface area contributed by atoms with Gasteiger partial charge in [-0.3, -0.25) is 0 Å². The van der Waals surface area contributed by atoms with Gasteiger partial charge in [-0.1, -0.05) is 43.1 Å². The van der Waals surface area contributed by atoms with E-state index in [0.29, 0.717) is 10.0 Å². The molecule has 0 unspecified atom stereocenters. The van der Waals surface area contributed by atoms with Gasteiger partial charge in [-0.05, 0) is 25.0 Å². The minimum atomic E-state index is -0.407. The van der Waals surface area contributed by atoms with Gasteiger partial charge < -0.3 is 5.73 Å². The van der Waals surface area contributed by atoms with Crippen LogP contribution in [0, 0.1) is 0 Å². The lowest BCUT2D eigenvalue weighted by molar-refractivity contribution is 0.413. The van der Waals surface area contributed by atoms with Crippen LogP contribution in [-0.2, 0) is 5.54 Å². The van der Waals surface area contributed by atoms with E-state index in [0.717, 1.165) is 18.4 Å². The Bertz CT molecular complexity index is 299. The molecule has 0 radical (unpaired) electrons. The highest BCUT2D eigenvalue weighted by Crippen LogP contribution is 2.36. The Balaban J connectivity index is 3.29. The Hall–Kier alpha value is -0.240. The first-order valence-corrected chi connectivity index (χ1v) is 5.54. The fourth-order valence-corrected chi connectivity index (χ4v) is 2.35. The zero-order valence-electron chi connectivity index (χ0n) is 8.48. The molecule has 0 saturated carbocycles. The molecule has 0 aliphatic rings. The SMILES string of the molecule is CCC(N)(CC)c1c(Cl)cccc1Cl. The van der Waals surface area contributed by atoms with E-state index in [-0.39, 0.29) is 0 Å². The molecule has 0 bridgehead atoms. The molecule has 1 rings (SSSR count). The highest BCUT2D eigenvalue weighted by atomic mass is 35.5. The molecule has 14 heavy (non-hydrogen) atoms. The zero-order chi connectivity index (χ0) is 10.8. The zero-order valence-corrected chi connectivity index (χ0v) is 9.99. The normalized spacial score (nSPS) is 11.8. The molecule has 0 amide bonds. The second-order valence-electron chi connectivity index (χ2n) is 3.46. The average Bonchev–Trinajstić information content (AvgIpc) is 2.17. The van der Waals surface area contributed by atoms with Crippen molar-refractivity contribution in [2.24, 2.45) is 5.73 Å². The van der Waals surface area contributed by atoms with Crippen molar-refractivity contribution in [3.63, 3.8) is 0 Å². The Kier molecular flexibility index (Phi) is 3.82. The van der Waals surface area contributed by atoms with E-state index in [4.69, 9.17) is 28.9 Å². The topological polar surface area (TPSA) is 26.0 Å². The molecule has 1 nitrogen and oxygen atoms in total. The van der Waals surface area contributed by atoms with Crippen LogP contribution in [0.3, 0.4) is 0 Å². The van der Waals surface area contributed by atoms with Crippen LogP contribution < -0.4 is 5.73 Å². The van der Waals surface area contributed by atoms with E-state index in [1.165, 1.54) is 0 Å². The summed E-state index contributed by atoms with van der Waals surface area (Å²) in [5.74, 6) is 0. The van der Waals surface area contributed by atoms with Gasteiger partial charge in [-0.2, -0.15) is 0 Å². The smallest absolute Gasteiger partial charge is 0.0471 e. The minimum absolute atomic E-state index is 0.407. The third-order valence-corrected chi connectivity index (χ3v) is 3.35. The molecule has 0 aliphatic heterocycles. The van der Waals surface area contributed by atoms with Gasteiger partial charge in [0.1, 0.15) is 0 Å². The van der Waals surface area contributed by atoms with Crippen LogP contribution in [0.5, 0.6) is 0 Å². The van der Waals surface area contributed by atoms with Crippen molar-refractivity contribution in [3.05, 3.63) is 33.8 Å². The lowest BCUT2D eigenvalue weighted by atomic mass is 9.86. The van der Waals surface area contributed by atoms with E-state index < -0.39 is 5.54 Å². The molecular formula is C11H15Cl2N. The largest absolute Gasteiger partial charge is 0.321 e. The summed E-state index contributed by atoms with van der Waals surface area (Å²) in [5, 5.41) is 1.31. The van der Waals surface area contributed by atoms with Crippen molar-refractivity contribution >= 4 is 23.2 Å². The molecule has 2 N–H and O–H groups in total. The molecule has 78 valence electrons. The predicted molar refractivity (Wildman–Crippen MR) is 62.9 cm³/mol. The maximum Gasteiger partial charge on any atom is 0.0471 e. The van der Waals surface area contributed by atoms with Crippen molar-refractivity contribution < 1.29 is 0 Å². The van der Waals surface area contributed by atoms with E-state index in [1.807, 2.05) is 32.0 Å². The van der Waals surface area contributed by atoms with Gasteiger partial charge in [0.05, 0.1) is 0 Å². The quantitative estimate of drug-likeness (QED) is 0.838. The third-order valence-electron chi connectivity index (χ3n) is 2.72. The van der Waals surface area contributed by atoms with E-state index in [2.05, 4.69) is 0 Å². The number of benzene rings is 1. The van der Waals surface area contributed by atoms with Gasteiger partial charge in [0, 0.05) is 21.1 Å². The molecule has 0 atom stereocenters. The van der Waals surface area contributed by atoms with Crippen LogP contribution in [0.4, 0.5) is 0 Å². The molecular weight excluding hydrogens is 217 g/mol. The maximum absolute atomic E-state index is 6.25. The Morgan fingerprint density at radius 2 is 1.57 bits per heavy atom. The first-order chi connectivity index (χ1) is 6.55. The van der Waals surface area contributed by atoms with Gasteiger partial charge in [0.25, 0.3) is 0 Å². The number of rotatable bonds is 3. The van der Waals surface area contributed by atoms with Crippen molar-refractivity contribution in [1.82, 2.24) is 0 Å². The van der Waals surface area contributed by atoms with Gasteiger partial charge in [0.2, 0.25) is 0 Å². The van der Waals surface area contributed by atoms with Crippen molar-refractivity contribution in [2.45, 2.75) is 32.2 Å². The number of halogens is 2. The second kappa shape index (κ2) is 4.52. The maximum atomic E-state index is 6.25. The molecule has 1 aromatic carbocycles. The lowest BCUT2D eigenvalue weighted by Crippen LogP contribution is -2.35. The lowest BCUT2D eigenvalue weighted by Gasteiger charge is -2.29. The molecule has 0 saturated heterocycles. The first-order valence-electron chi connectivity index (χ1n) is 4.78. The standard InChI is InChI=1S/C11H15Cl2N/c1-3-11(14,4-2)10-8(12)6-5-7-9(10)13/h5-7H,3-4,14H2,1-2H3. The summed E-state index contributed by atoms with van der Waals surface area (Å²) < 4.78 is 0. The first kappa shape index (κ1) is 11.8. The van der Waals surface area contributed by atoms with Crippen molar-refractivity contribution in [2.75, 3.05) is 0 Å². The predicted octanol–water partition coefficient (Wildman–Crippen LogP) is 3.97. The van der Waals surface area contributed by atoms with Crippen LogP contribution in [0.2, 0.25) is 10.0 Å². The van der Waals surface area contributed by atoms with Crippen molar-refractivity contribution in [3.8, 4) is 0 Å². The number of hydrogen-bond donors (Lipinski definition) is 1. The molecule has 1 aromatic rings. The highest BCUT2D eigenvalue weighted by Gasteiger charge is 2.27. The molecule has 0 fully saturated rings. The van der Waals surface area contributed by atoms with Crippen molar-refractivity contribution in [1.29, 1.82) is 0 Å². The Morgan fingerprint density at radius 1 is 1.14 bits per heavy atom. The van der Waals surface area contributed by atoms with E-state index in [9.17, 15) is 0 Å². The fraction of sp³-hybridized carbons (Fsp3) is 0.455. The van der Waals surface area contributed by atoms with Crippen LogP contribution in [-0.4, -0.2) is 0 Å². The van der Waals surface area contributed by atoms with Crippen LogP contribution >= 0.6 is 23.2 Å². The summed E-state index contributed by atoms with van der Waals surface area (Å²) in [6.45, 7) is 4.09. The number of hydrogen-bond acceptors (Lipinski definition) is 1. The van der Waals surface area contributed by atoms with Crippen LogP contribution in [0.15, 0.2) is 18.2 Å². The van der Waals surface area contributed by atoms with Crippen LogP contribution in [0.25, 0.3) is 0 Å². The molecule has 0 heterocycles. The monoisotopic (exact) mass is 231 g/mol. The summed E-state index contributed by atoms with van der Waals surface area (Å²) in [6.07, 6.45) is 1.65. The molecule has 0 aromatic heterocycles. The number of nitrogens with two attached hydrogens (primary N) is 1. The Morgan fingerprint density at radius 3 is 1.93 bits per heavy atom. The van der Waals surface area contributed by atoms with Gasteiger partial charge in [-0.25, -0.2) is 0 Å². The summed E-state index contributed by atoms with van der Waals surface area (Å²) >= 11 is 12.2. The van der Waals surface area contributed by atoms with Gasteiger partial charge in [-0.15, -0.1) is 0 Å². The van der Waals surface area contributed by atoms with Gasteiger partial charge in [0.15, 0.2) is 0 Å².